The van der Waals surface area contributed by atoms with Gasteiger partial charge in [0.15, 0.2) is 0 Å². The molecule has 2 aliphatic heterocycles. The number of aromatic hydroxyl groups is 1. The Bertz CT molecular complexity index is 1740. The summed E-state index contributed by atoms with van der Waals surface area (Å²) < 4.78 is 0. The van der Waals surface area contributed by atoms with E-state index in [0.717, 1.165) is 76.7 Å². The molecular weight excluding hydrogens is 663 g/mol. The average molecular weight is 730 g/mol. The van der Waals surface area contributed by atoms with Gasteiger partial charge in [-0.25, -0.2) is 0 Å². The largest absolute Gasteiger partial charge is 0.508 e. The van der Waals surface area contributed by atoms with Crippen LogP contribution in [0, 0.1) is 18.8 Å². The number of aryl methyl sites for hydroxylation is 2. The van der Waals surface area contributed by atoms with Crippen LogP contribution in [0.25, 0.3) is 5.57 Å². The molecule has 3 N–H and O–H groups in total. The predicted octanol–water partition coefficient (Wildman–Crippen LogP) is 9.53. The lowest BCUT2D eigenvalue weighted by Gasteiger charge is -2.40. The highest BCUT2D eigenvalue weighted by Gasteiger charge is 2.28. The number of rotatable bonds is 12. The number of benzene rings is 3. The van der Waals surface area contributed by atoms with E-state index < -0.39 is 0 Å². The predicted molar refractivity (Wildman–Crippen MR) is 228 cm³/mol. The molecule has 290 valence electrons. The molecule has 1 saturated carbocycles. The molecule has 0 aromatic heterocycles. The first-order chi connectivity index (χ1) is 26.3. The van der Waals surface area contributed by atoms with Crippen LogP contribution in [0.4, 0.5) is 11.4 Å². The fraction of sp³-hybridized carbons (Fsp3) is 0.542. The van der Waals surface area contributed by atoms with E-state index in [4.69, 9.17) is 5.73 Å². The molecule has 7 rings (SSSR count). The summed E-state index contributed by atoms with van der Waals surface area (Å²) in [6.45, 7) is 17.4. The summed E-state index contributed by atoms with van der Waals surface area (Å²) in [5.41, 5.74) is 19.6. The van der Waals surface area contributed by atoms with E-state index in [-0.39, 0.29) is 6.04 Å². The van der Waals surface area contributed by atoms with Gasteiger partial charge in [0, 0.05) is 75.5 Å². The number of piperidine rings is 1. The maximum atomic E-state index is 10.3. The topological polar surface area (TPSA) is 59.2 Å². The van der Waals surface area contributed by atoms with Gasteiger partial charge in [-0.1, -0.05) is 69.0 Å². The lowest BCUT2D eigenvalue weighted by molar-refractivity contribution is 0.201. The lowest BCUT2D eigenvalue weighted by Crippen LogP contribution is -2.49. The molecule has 0 amide bonds. The number of piperazine rings is 1. The molecule has 6 heteroatoms. The minimum Gasteiger partial charge on any atom is -0.508 e. The van der Waals surface area contributed by atoms with Crippen molar-refractivity contribution in [3.63, 3.8) is 0 Å². The van der Waals surface area contributed by atoms with E-state index in [1.54, 1.807) is 5.57 Å². The molecule has 4 aliphatic rings. The number of fused-ring (bicyclic) bond motifs is 1. The van der Waals surface area contributed by atoms with Crippen molar-refractivity contribution in [3.8, 4) is 5.75 Å². The Morgan fingerprint density at radius 2 is 1.54 bits per heavy atom. The van der Waals surface area contributed by atoms with Crippen LogP contribution in [0.15, 0.2) is 78.5 Å². The van der Waals surface area contributed by atoms with Gasteiger partial charge >= 0.3 is 0 Å². The van der Waals surface area contributed by atoms with E-state index in [1.807, 2.05) is 12.1 Å². The van der Waals surface area contributed by atoms with E-state index >= 15 is 0 Å². The summed E-state index contributed by atoms with van der Waals surface area (Å²) >= 11 is 0. The summed E-state index contributed by atoms with van der Waals surface area (Å²) in [4.78, 5) is 10.3. The number of nitrogens with two attached hydrogens (primary N) is 1. The van der Waals surface area contributed by atoms with Crippen LogP contribution in [0.3, 0.4) is 0 Å². The molecule has 3 aromatic carbocycles. The SMILES string of the molecule is C=C(N)C(CCC)N(C)Cc1cc(N2CCN(CC3CCN(c4ccc(C5=C(C6CCCCC6)CCCc6cc(O)ccc65)cc4)CC3)CC2)ccc1C. The quantitative estimate of drug-likeness (QED) is 0.194. The molecule has 54 heavy (non-hydrogen) atoms. The highest BCUT2D eigenvalue weighted by molar-refractivity contribution is 5.85. The minimum atomic E-state index is 0.221. The third-order valence-electron chi connectivity index (χ3n) is 13.3. The monoisotopic (exact) mass is 730 g/mol. The van der Waals surface area contributed by atoms with E-state index in [0.29, 0.717) is 11.7 Å². The Morgan fingerprint density at radius 1 is 0.833 bits per heavy atom. The van der Waals surface area contributed by atoms with Crippen LogP contribution in [0.5, 0.6) is 5.75 Å². The number of anilines is 2. The summed E-state index contributed by atoms with van der Waals surface area (Å²) in [7, 11) is 2.18. The fourth-order valence-electron chi connectivity index (χ4n) is 10.1. The number of phenols is 1. The van der Waals surface area contributed by atoms with Crippen LogP contribution < -0.4 is 15.5 Å². The smallest absolute Gasteiger partial charge is 0.115 e. The second-order valence-corrected chi connectivity index (χ2v) is 17.1. The van der Waals surface area contributed by atoms with Gasteiger partial charge in [-0.15, -0.1) is 0 Å². The zero-order chi connectivity index (χ0) is 37.6. The minimum absolute atomic E-state index is 0.221. The molecule has 0 radical (unpaired) electrons. The molecule has 1 atom stereocenters. The van der Waals surface area contributed by atoms with Gasteiger partial charge < -0.3 is 20.6 Å². The number of hydrogen-bond acceptors (Lipinski definition) is 6. The second kappa shape index (κ2) is 17.8. The summed E-state index contributed by atoms with van der Waals surface area (Å²) in [6.07, 6.45) is 14.8. The van der Waals surface area contributed by atoms with Crippen molar-refractivity contribution in [1.82, 2.24) is 9.80 Å². The fourth-order valence-corrected chi connectivity index (χ4v) is 10.1. The van der Waals surface area contributed by atoms with Crippen LogP contribution in [0.2, 0.25) is 0 Å². The maximum absolute atomic E-state index is 10.3. The van der Waals surface area contributed by atoms with E-state index in [1.165, 1.54) is 109 Å². The second-order valence-electron chi connectivity index (χ2n) is 17.1. The summed E-state index contributed by atoms with van der Waals surface area (Å²) in [6, 6.07) is 22.9. The standard InChI is InChI=1S/C48H67N5O/c1-5-10-47(36(3)49)50(4)34-41-31-43(18-15-35(41)2)53-29-27-51(28-30-53)33-37-23-25-52(26-24-37)42-19-16-39(17-20-42)48-45(38-11-7-6-8-12-38)14-9-13-40-32-44(54)21-22-46(40)48/h15-22,31-32,37-38,47,54H,3,5-14,23-30,33-34,49H2,1-2,4H3. The molecule has 3 fully saturated rings. The molecule has 3 aromatic rings. The van der Waals surface area contributed by atoms with Gasteiger partial charge in [0.05, 0.1) is 0 Å². The van der Waals surface area contributed by atoms with Crippen LogP contribution in [-0.2, 0) is 13.0 Å². The zero-order valence-corrected chi connectivity index (χ0v) is 33.7. The first kappa shape index (κ1) is 38.5. The lowest BCUT2D eigenvalue weighted by atomic mass is 9.78. The van der Waals surface area contributed by atoms with Gasteiger partial charge in [-0.05, 0) is 147 Å². The first-order valence-corrected chi connectivity index (χ1v) is 21.4. The van der Waals surface area contributed by atoms with Gasteiger partial charge in [0.25, 0.3) is 0 Å². The Morgan fingerprint density at radius 3 is 2.24 bits per heavy atom. The first-order valence-electron chi connectivity index (χ1n) is 21.4. The molecule has 2 aliphatic carbocycles. The highest BCUT2D eigenvalue weighted by Crippen LogP contribution is 2.43. The third kappa shape index (κ3) is 9.03. The van der Waals surface area contributed by atoms with Crippen molar-refractivity contribution in [1.29, 1.82) is 0 Å². The number of allylic oxidation sites excluding steroid dienone is 1. The van der Waals surface area contributed by atoms with Crippen molar-refractivity contribution in [2.45, 2.75) is 103 Å². The number of hydrogen-bond donors (Lipinski definition) is 2. The summed E-state index contributed by atoms with van der Waals surface area (Å²) in [5, 5.41) is 10.3. The Balaban J connectivity index is 0.933. The maximum Gasteiger partial charge on any atom is 0.115 e. The number of nitrogens with zero attached hydrogens (tertiary/aromatic N) is 4. The van der Waals surface area contributed by atoms with Crippen molar-refractivity contribution in [3.05, 3.63) is 106 Å². The zero-order valence-electron chi connectivity index (χ0n) is 33.7. The number of likely N-dealkylation sites (N-methyl/N-ethyl adjacent to an activating group) is 1. The van der Waals surface area contributed by atoms with Crippen molar-refractivity contribution < 1.29 is 5.11 Å². The molecular formula is C48H67N5O. The average Bonchev–Trinajstić information content (AvgIpc) is 3.38. The summed E-state index contributed by atoms with van der Waals surface area (Å²) in [5.74, 6) is 1.86. The normalized spacial score (nSPS) is 19.9. The molecule has 0 bridgehead atoms. The van der Waals surface area contributed by atoms with E-state index in [9.17, 15) is 5.11 Å². The highest BCUT2D eigenvalue weighted by atomic mass is 16.3. The van der Waals surface area contributed by atoms with E-state index in [2.05, 4.69) is 95.6 Å². The van der Waals surface area contributed by atoms with Crippen LogP contribution in [0.1, 0.15) is 105 Å². The Hall–Kier alpha value is -3.74. The van der Waals surface area contributed by atoms with Crippen LogP contribution >= 0.6 is 0 Å². The van der Waals surface area contributed by atoms with Gasteiger partial charge in [-0.3, -0.25) is 9.80 Å². The van der Waals surface area contributed by atoms with Crippen molar-refractivity contribution in [2.24, 2.45) is 17.6 Å². The molecule has 2 heterocycles. The van der Waals surface area contributed by atoms with Crippen LogP contribution in [-0.4, -0.2) is 73.8 Å². The Labute approximate surface area is 326 Å². The van der Waals surface area contributed by atoms with Gasteiger partial charge in [0.2, 0.25) is 0 Å². The molecule has 2 saturated heterocycles. The molecule has 6 nitrogen and oxygen atoms in total. The van der Waals surface area contributed by atoms with Gasteiger partial charge in [0.1, 0.15) is 5.75 Å². The molecule has 1 unspecified atom stereocenters. The number of phenolic OH excluding ortho intramolecular Hbond substituents is 1. The van der Waals surface area contributed by atoms with Gasteiger partial charge in [-0.2, -0.15) is 0 Å². The third-order valence-corrected chi connectivity index (χ3v) is 13.3. The van der Waals surface area contributed by atoms with Crippen molar-refractivity contribution in [2.75, 3.05) is 62.7 Å². The Kier molecular flexibility index (Phi) is 12.7. The van der Waals surface area contributed by atoms with Crippen molar-refractivity contribution >= 4 is 16.9 Å². The molecule has 0 spiro atoms.